The molecular weight excluding hydrogens is 253 g/mol. The van der Waals surface area contributed by atoms with E-state index in [9.17, 15) is 4.39 Å². The van der Waals surface area contributed by atoms with Gasteiger partial charge in [-0.2, -0.15) is 0 Å². The van der Waals surface area contributed by atoms with E-state index >= 15 is 0 Å². The van der Waals surface area contributed by atoms with E-state index in [4.69, 9.17) is 4.74 Å². The number of hydrogen-bond acceptors (Lipinski definition) is 2. The number of likely N-dealkylation sites (N-methyl/N-ethyl adjacent to an activating group) is 1. The van der Waals surface area contributed by atoms with Crippen molar-refractivity contribution in [3.8, 4) is 5.75 Å². The van der Waals surface area contributed by atoms with Crippen molar-refractivity contribution in [2.45, 2.75) is 64.5 Å². The highest BCUT2D eigenvalue weighted by atomic mass is 19.1. The summed E-state index contributed by atoms with van der Waals surface area (Å²) in [6.07, 6.45) is 7.53. The van der Waals surface area contributed by atoms with Gasteiger partial charge in [-0.1, -0.05) is 26.2 Å². The van der Waals surface area contributed by atoms with Gasteiger partial charge in [0, 0.05) is 6.04 Å². The lowest BCUT2D eigenvalue weighted by Gasteiger charge is -2.31. The summed E-state index contributed by atoms with van der Waals surface area (Å²) in [6, 6.07) is 5.19. The van der Waals surface area contributed by atoms with Crippen LogP contribution in [0.15, 0.2) is 18.2 Å². The smallest absolute Gasteiger partial charge is 0.123 e. The SMILES string of the molecule is CCNC1CCCCCCC1Oc1ccc(F)cc1C. The van der Waals surface area contributed by atoms with Gasteiger partial charge in [-0.15, -0.1) is 0 Å². The summed E-state index contributed by atoms with van der Waals surface area (Å²) >= 11 is 0. The molecule has 1 saturated carbocycles. The average Bonchev–Trinajstić information content (AvgIpc) is 2.39. The molecule has 1 aromatic rings. The monoisotopic (exact) mass is 279 g/mol. The molecule has 112 valence electrons. The van der Waals surface area contributed by atoms with Crippen LogP contribution >= 0.6 is 0 Å². The predicted molar refractivity (Wildman–Crippen MR) is 80.7 cm³/mol. The van der Waals surface area contributed by atoms with Crippen LogP contribution < -0.4 is 10.1 Å². The van der Waals surface area contributed by atoms with Gasteiger partial charge in [0.15, 0.2) is 0 Å². The van der Waals surface area contributed by atoms with E-state index in [1.165, 1.54) is 38.2 Å². The van der Waals surface area contributed by atoms with Crippen LogP contribution in [0.5, 0.6) is 5.75 Å². The summed E-state index contributed by atoms with van der Waals surface area (Å²) in [4.78, 5) is 0. The Kier molecular flexibility index (Phi) is 5.84. The van der Waals surface area contributed by atoms with Gasteiger partial charge in [0.1, 0.15) is 17.7 Å². The maximum Gasteiger partial charge on any atom is 0.123 e. The van der Waals surface area contributed by atoms with Gasteiger partial charge in [0.25, 0.3) is 0 Å². The van der Waals surface area contributed by atoms with Gasteiger partial charge in [0.2, 0.25) is 0 Å². The molecule has 1 aliphatic rings. The molecule has 20 heavy (non-hydrogen) atoms. The fourth-order valence-corrected chi connectivity index (χ4v) is 3.00. The number of benzene rings is 1. The molecule has 0 spiro atoms. The van der Waals surface area contributed by atoms with Crippen LogP contribution in [0.4, 0.5) is 4.39 Å². The Morgan fingerprint density at radius 2 is 1.95 bits per heavy atom. The van der Waals surface area contributed by atoms with E-state index in [1.54, 1.807) is 12.1 Å². The third-order valence-electron chi connectivity index (χ3n) is 4.08. The number of nitrogens with one attached hydrogen (secondary N) is 1. The Hall–Kier alpha value is -1.09. The number of halogens is 1. The van der Waals surface area contributed by atoms with Crippen molar-refractivity contribution in [1.29, 1.82) is 0 Å². The zero-order valence-electron chi connectivity index (χ0n) is 12.6. The second-order valence-corrected chi connectivity index (χ2v) is 5.72. The number of rotatable bonds is 4. The quantitative estimate of drug-likeness (QED) is 0.891. The molecule has 1 aliphatic carbocycles. The van der Waals surface area contributed by atoms with Crippen molar-refractivity contribution in [3.63, 3.8) is 0 Å². The van der Waals surface area contributed by atoms with Crippen molar-refractivity contribution in [1.82, 2.24) is 5.32 Å². The van der Waals surface area contributed by atoms with Gasteiger partial charge >= 0.3 is 0 Å². The minimum Gasteiger partial charge on any atom is -0.489 e. The van der Waals surface area contributed by atoms with E-state index < -0.39 is 0 Å². The predicted octanol–water partition coefficient (Wildman–Crippen LogP) is 4.21. The molecule has 1 aromatic carbocycles. The molecule has 3 heteroatoms. The van der Waals surface area contributed by atoms with Gasteiger partial charge in [-0.05, 0) is 56.5 Å². The maximum absolute atomic E-state index is 13.2. The van der Waals surface area contributed by atoms with E-state index in [2.05, 4.69) is 12.2 Å². The third kappa shape index (κ3) is 4.20. The van der Waals surface area contributed by atoms with E-state index in [1.807, 2.05) is 6.92 Å². The number of hydrogen-bond donors (Lipinski definition) is 1. The van der Waals surface area contributed by atoms with Crippen LogP contribution in [0, 0.1) is 12.7 Å². The zero-order valence-corrected chi connectivity index (χ0v) is 12.6. The average molecular weight is 279 g/mol. The van der Waals surface area contributed by atoms with Gasteiger partial charge in [-0.3, -0.25) is 0 Å². The second kappa shape index (κ2) is 7.63. The molecular formula is C17H26FNO. The van der Waals surface area contributed by atoms with Crippen LogP contribution in [0.1, 0.15) is 51.0 Å². The Labute approximate surface area is 121 Å². The summed E-state index contributed by atoms with van der Waals surface area (Å²) in [5.74, 6) is 0.621. The minimum absolute atomic E-state index is 0.194. The summed E-state index contributed by atoms with van der Waals surface area (Å²) in [5, 5.41) is 3.55. The van der Waals surface area contributed by atoms with E-state index in [-0.39, 0.29) is 11.9 Å². The Morgan fingerprint density at radius 1 is 1.20 bits per heavy atom. The van der Waals surface area contributed by atoms with E-state index in [0.717, 1.165) is 24.3 Å². The highest BCUT2D eigenvalue weighted by Crippen LogP contribution is 2.25. The second-order valence-electron chi connectivity index (χ2n) is 5.72. The minimum atomic E-state index is -0.198. The highest BCUT2D eigenvalue weighted by Gasteiger charge is 2.24. The van der Waals surface area contributed by atoms with Crippen molar-refractivity contribution in [2.24, 2.45) is 0 Å². The maximum atomic E-state index is 13.2. The molecule has 2 unspecified atom stereocenters. The Balaban J connectivity index is 2.09. The van der Waals surface area contributed by atoms with Crippen LogP contribution in [-0.2, 0) is 0 Å². The summed E-state index contributed by atoms with van der Waals surface area (Å²) in [7, 11) is 0. The summed E-state index contributed by atoms with van der Waals surface area (Å²) in [5.41, 5.74) is 0.877. The standard InChI is InChI=1S/C17H26FNO/c1-3-19-15-8-6-4-5-7-9-17(15)20-16-11-10-14(18)12-13(16)2/h10-12,15,17,19H,3-9H2,1-2H3. The first-order valence-electron chi connectivity index (χ1n) is 7.87. The molecule has 0 heterocycles. The fourth-order valence-electron chi connectivity index (χ4n) is 3.00. The first-order valence-corrected chi connectivity index (χ1v) is 7.87. The molecule has 0 aromatic heterocycles. The van der Waals surface area contributed by atoms with Crippen molar-refractivity contribution >= 4 is 0 Å². The molecule has 0 amide bonds. The van der Waals surface area contributed by atoms with Crippen LogP contribution in [0.25, 0.3) is 0 Å². The number of aryl methyl sites for hydroxylation is 1. The van der Waals surface area contributed by atoms with Crippen molar-refractivity contribution < 1.29 is 9.13 Å². The Bertz CT molecular complexity index is 421. The molecule has 0 radical (unpaired) electrons. The first kappa shape index (κ1) is 15.3. The van der Waals surface area contributed by atoms with Crippen LogP contribution in [0.2, 0.25) is 0 Å². The molecule has 2 nitrogen and oxygen atoms in total. The van der Waals surface area contributed by atoms with Gasteiger partial charge in [0.05, 0.1) is 0 Å². The largest absolute Gasteiger partial charge is 0.489 e. The summed E-state index contributed by atoms with van der Waals surface area (Å²) < 4.78 is 19.4. The van der Waals surface area contributed by atoms with Crippen LogP contribution in [0.3, 0.4) is 0 Å². The number of ether oxygens (including phenoxy) is 1. The topological polar surface area (TPSA) is 21.3 Å². The lowest BCUT2D eigenvalue weighted by atomic mass is 9.94. The van der Waals surface area contributed by atoms with Crippen molar-refractivity contribution in [3.05, 3.63) is 29.6 Å². The first-order chi connectivity index (χ1) is 9.70. The van der Waals surface area contributed by atoms with Gasteiger partial charge in [-0.25, -0.2) is 4.39 Å². The molecule has 0 bridgehead atoms. The Morgan fingerprint density at radius 3 is 2.65 bits per heavy atom. The normalized spacial score (nSPS) is 23.9. The van der Waals surface area contributed by atoms with Gasteiger partial charge < -0.3 is 10.1 Å². The molecule has 2 rings (SSSR count). The van der Waals surface area contributed by atoms with Crippen LogP contribution in [-0.4, -0.2) is 18.7 Å². The molecule has 2 atom stereocenters. The molecule has 0 aliphatic heterocycles. The lowest BCUT2D eigenvalue weighted by molar-refractivity contribution is 0.127. The molecule has 1 N–H and O–H groups in total. The fraction of sp³-hybridized carbons (Fsp3) is 0.647. The third-order valence-corrected chi connectivity index (χ3v) is 4.08. The van der Waals surface area contributed by atoms with E-state index in [0.29, 0.717) is 6.04 Å². The summed E-state index contributed by atoms with van der Waals surface area (Å²) in [6.45, 7) is 5.01. The van der Waals surface area contributed by atoms with Crippen molar-refractivity contribution in [2.75, 3.05) is 6.54 Å². The lowest BCUT2D eigenvalue weighted by Crippen LogP contribution is -2.43. The molecule has 1 fully saturated rings. The molecule has 0 saturated heterocycles. The zero-order chi connectivity index (χ0) is 14.4. The highest BCUT2D eigenvalue weighted by molar-refractivity contribution is 5.32.